The number of amides is 2. The van der Waals surface area contributed by atoms with Gasteiger partial charge in [-0.1, -0.05) is 31.4 Å². The van der Waals surface area contributed by atoms with Gasteiger partial charge in [0.05, 0.1) is 12.5 Å². The topological polar surface area (TPSA) is 102 Å². The maximum Gasteiger partial charge on any atom is 0.244 e. The predicted octanol–water partition coefficient (Wildman–Crippen LogP) is 2.78. The number of nitrogens with zero attached hydrogens (tertiary/aromatic N) is 5. The van der Waals surface area contributed by atoms with Gasteiger partial charge in [0.25, 0.3) is 0 Å². The number of carbonyl (C=O) groups is 2. The van der Waals surface area contributed by atoms with Crippen LogP contribution in [-0.4, -0.2) is 52.9 Å². The van der Waals surface area contributed by atoms with Gasteiger partial charge in [-0.3, -0.25) is 9.59 Å². The summed E-state index contributed by atoms with van der Waals surface area (Å²) in [6.45, 7) is 2.70. The third kappa shape index (κ3) is 4.88. The highest BCUT2D eigenvalue weighted by molar-refractivity contribution is 5.97. The van der Waals surface area contributed by atoms with Crippen molar-refractivity contribution >= 4 is 23.5 Å². The number of nitrogens with one attached hydrogen (secondary N) is 1. The van der Waals surface area contributed by atoms with Gasteiger partial charge in [-0.15, -0.1) is 0 Å². The lowest BCUT2D eigenvalue weighted by atomic mass is 9.74. The molecule has 1 aromatic carbocycles. The second-order valence-electron chi connectivity index (χ2n) is 8.50. The number of rotatable bonds is 5. The van der Waals surface area contributed by atoms with Crippen LogP contribution in [0.25, 0.3) is 0 Å². The number of carbonyl (C=O) groups excluding carboxylic acids is 2. The minimum absolute atomic E-state index is 0.0843. The van der Waals surface area contributed by atoms with Gasteiger partial charge in [0.1, 0.15) is 5.41 Å². The van der Waals surface area contributed by atoms with E-state index in [9.17, 15) is 14.9 Å². The smallest absolute Gasteiger partial charge is 0.244 e. The maximum atomic E-state index is 12.7. The van der Waals surface area contributed by atoms with Crippen molar-refractivity contribution in [2.45, 2.75) is 38.5 Å². The molecule has 4 rings (SSSR count). The van der Waals surface area contributed by atoms with Crippen molar-refractivity contribution in [2.24, 2.45) is 5.41 Å². The summed E-state index contributed by atoms with van der Waals surface area (Å²) in [5, 5.41) is 12.5. The zero-order valence-corrected chi connectivity index (χ0v) is 18.2. The average Bonchev–Trinajstić information content (AvgIpc) is 2.86. The van der Waals surface area contributed by atoms with Gasteiger partial charge in [0, 0.05) is 44.3 Å². The molecule has 2 heterocycles. The zero-order valence-electron chi connectivity index (χ0n) is 18.2. The van der Waals surface area contributed by atoms with E-state index < -0.39 is 5.41 Å². The average molecular weight is 433 g/mol. The Labute approximate surface area is 188 Å². The summed E-state index contributed by atoms with van der Waals surface area (Å²) in [5.74, 6) is 0.563. The third-order valence-electron chi connectivity index (χ3n) is 6.39. The van der Waals surface area contributed by atoms with Crippen LogP contribution in [0.15, 0.2) is 42.7 Å². The summed E-state index contributed by atoms with van der Waals surface area (Å²) in [5.41, 5.74) is 0.636. The minimum Gasteiger partial charge on any atom is -0.339 e. The van der Waals surface area contributed by atoms with E-state index in [1.165, 1.54) is 0 Å². The molecular weight excluding hydrogens is 404 g/mol. The molecule has 2 amide bonds. The number of aromatic nitrogens is 2. The molecule has 1 aromatic heterocycles. The van der Waals surface area contributed by atoms with E-state index >= 15 is 0 Å². The van der Waals surface area contributed by atoms with Crippen molar-refractivity contribution in [1.82, 2.24) is 14.9 Å². The van der Waals surface area contributed by atoms with Crippen molar-refractivity contribution in [3.05, 3.63) is 48.3 Å². The molecule has 1 saturated heterocycles. The molecule has 0 radical (unpaired) electrons. The molecule has 1 N–H and O–H groups in total. The van der Waals surface area contributed by atoms with E-state index in [0.29, 0.717) is 57.1 Å². The van der Waals surface area contributed by atoms with Crippen LogP contribution in [0.1, 0.15) is 37.7 Å². The molecule has 1 aliphatic heterocycles. The Bertz CT molecular complexity index is 972. The fraction of sp³-hybridized carbons (Fsp3) is 0.458. The van der Waals surface area contributed by atoms with E-state index in [2.05, 4.69) is 26.3 Å². The largest absolute Gasteiger partial charge is 0.339 e. The monoisotopic (exact) mass is 432 g/mol. The highest BCUT2D eigenvalue weighted by Crippen LogP contribution is 2.36. The van der Waals surface area contributed by atoms with Crippen LogP contribution in [0, 0.1) is 16.7 Å². The lowest BCUT2D eigenvalue weighted by molar-refractivity contribution is -0.130. The molecule has 0 atom stereocenters. The lowest BCUT2D eigenvalue weighted by Crippen LogP contribution is -2.49. The quantitative estimate of drug-likeness (QED) is 0.779. The summed E-state index contributed by atoms with van der Waals surface area (Å²) in [6, 6.07) is 11.4. The molecule has 0 spiro atoms. The van der Waals surface area contributed by atoms with E-state index in [1.54, 1.807) is 30.6 Å². The molecule has 2 aromatic rings. The SMILES string of the molecule is N#CC1(C(=O)Nc2ccc(CC(=O)N3CCN(c4ncccn4)CC3)cc2)CCCCC1. The number of piperazine rings is 1. The highest BCUT2D eigenvalue weighted by atomic mass is 16.2. The normalized spacial score (nSPS) is 18.0. The Morgan fingerprint density at radius 2 is 1.66 bits per heavy atom. The molecule has 0 unspecified atom stereocenters. The Kier molecular flexibility index (Phi) is 6.64. The third-order valence-corrected chi connectivity index (χ3v) is 6.39. The lowest BCUT2D eigenvalue weighted by Gasteiger charge is -2.34. The second kappa shape index (κ2) is 9.77. The molecule has 8 nitrogen and oxygen atoms in total. The van der Waals surface area contributed by atoms with Crippen LogP contribution in [0.5, 0.6) is 0 Å². The molecular formula is C24H28N6O2. The van der Waals surface area contributed by atoms with Gasteiger partial charge in [0.2, 0.25) is 17.8 Å². The van der Waals surface area contributed by atoms with E-state index in [-0.39, 0.29) is 11.8 Å². The number of nitriles is 1. The van der Waals surface area contributed by atoms with Gasteiger partial charge >= 0.3 is 0 Å². The van der Waals surface area contributed by atoms with Gasteiger partial charge in [-0.05, 0) is 36.6 Å². The standard InChI is InChI=1S/C24H28N6O2/c25-18-24(9-2-1-3-10-24)22(32)28-20-7-5-19(6-8-20)17-21(31)29-13-15-30(16-14-29)23-26-11-4-12-27-23/h4-8,11-12H,1-3,9-10,13-17H2,(H,28,32). The Morgan fingerprint density at radius 3 is 2.28 bits per heavy atom. The molecule has 2 fully saturated rings. The fourth-order valence-corrected chi connectivity index (χ4v) is 4.40. The summed E-state index contributed by atoms with van der Waals surface area (Å²) in [7, 11) is 0. The molecule has 1 aliphatic carbocycles. The van der Waals surface area contributed by atoms with Crippen molar-refractivity contribution < 1.29 is 9.59 Å². The maximum absolute atomic E-state index is 12.7. The van der Waals surface area contributed by atoms with Gasteiger partial charge in [-0.25, -0.2) is 9.97 Å². The van der Waals surface area contributed by atoms with Crippen LogP contribution in [0.3, 0.4) is 0 Å². The van der Waals surface area contributed by atoms with Crippen LogP contribution in [-0.2, 0) is 16.0 Å². The van der Waals surface area contributed by atoms with Crippen molar-refractivity contribution in [2.75, 3.05) is 36.4 Å². The minimum atomic E-state index is -0.917. The van der Waals surface area contributed by atoms with Crippen molar-refractivity contribution in [1.29, 1.82) is 5.26 Å². The first-order valence-electron chi connectivity index (χ1n) is 11.2. The van der Waals surface area contributed by atoms with Crippen molar-refractivity contribution in [3.8, 4) is 6.07 Å². The van der Waals surface area contributed by atoms with E-state index in [4.69, 9.17) is 0 Å². The molecule has 166 valence electrons. The molecule has 2 aliphatic rings. The van der Waals surface area contributed by atoms with Gasteiger partial charge < -0.3 is 15.1 Å². The summed E-state index contributed by atoms with van der Waals surface area (Å²) in [6.07, 6.45) is 7.90. The summed E-state index contributed by atoms with van der Waals surface area (Å²) < 4.78 is 0. The number of hydrogen-bond acceptors (Lipinski definition) is 6. The van der Waals surface area contributed by atoms with Gasteiger partial charge in [-0.2, -0.15) is 5.26 Å². The number of anilines is 2. The first-order chi connectivity index (χ1) is 15.6. The van der Waals surface area contributed by atoms with Crippen LogP contribution in [0.4, 0.5) is 11.6 Å². The predicted molar refractivity (Wildman–Crippen MR) is 121 cm³/mol. The molecule has 32 heavy (non-hydrogen) atoms. The molecule has 1 saturated carbocycles. The molecule has 8 heteroatoms. The Balaban J connectivity index is 1.29. The van der Waals surface area contributed by atoms with E-state index in [0.717, 1.165) is 24.8 Å². The number of benzene rings is 1. The second-order valence-corrected chi connectivity index (χ2v) is 8.50. The fourth-order valence-electron chi connectivity index (χ4n) is 4.40. The summed E-state index contributed by atoms with van der Waals surface area (Å²) >= 11 is 0. The first kappa shape index (κ1) is 21.8. The summed E-state index contributed by atoms with van der Waals surface area (Å²) in [4.78, 5) is 37.9. The Morgan fingerprint density at radius 1 is 1.00 bits per heavy atom. The van der Waals surface area contributed by atoms with Crippen LogP contribution >= 0.6 is 0 Å². The highest BCUT2D eigenvalue weighted by Gasteiger charge is 2.39. The van der Waals surface area contributed by atoms with Crippen LogP contribution < -0.4 is 10.2 Å². The molecule has 0 bridgehead atoms. The number of hydrogen-bond donors (Lipinski definition) is 1. The van der Waals surface area contributed by atoms with Gasteiger partial charge in [0.15, 0.2) is 0 Å². The first-order valence-corrected chi connectivity index (χ1v) is 11.2. The zero-order chi connectivity index (χ0) is 22.4. The van der Waals surface area contributed by atoms with Crippen molar-refractivity contribution in [3.63, 3.8) is 0 Å². The Hall–Kier alpha value is -3.47. The van der Waals surface area contributed by atoms with E-state index in [1.807, 2.05) is 17.0 Å². The van der Waals surface area contributed by atoms with Crippen LogP contribution in [0.2, 0.25) is 0 Å².